The average molecular weight is 294 g/mol. The fourth-order valence-electron chi connectivity index (χ4n) is 2.24. The standard InChI is InChI=1S/C15H22N2O4/c1-14(2,3)15(17-13(20)21,10-16-12(18)19)9-11-7-5-4-6-8-11/h4-8,16-17H,9-10H2,1-3H3,(H,18,19)(H,20,21). The summed E-state index contributed by atoms with van der Waals surface area (Å²) in [5, 5.41) is 22.9. The van der Waals surface area contributed by atoms with Crippen LogP contribution >= 0.6 is 0 Å². The molecule has 1 aromatic carbocycles. The van der Waals surface area contributed by atoms with Crippen LogP contribution in [0.1, 0.15) is 26.3 Å². The van der Waals surface area contributed by atoms with Crippen molar-refractivity contribution < 1.29 is 19.8 Å². The fraction of sp³-hybridized carbons (Fsp3) is 0.467. The number of hydrogen-bond donors (Lipinski definition) is 4. The molecule has 2 amide bonds. The summed E-state index contributed by atoms with van der Waals surface area (Å²) in [5.74, 6) is 0. The molecule has 0 fully saturated rings. The maximum Gasteiger partial charge on any atom is 0.405 e. The summed E-state index contributed by atoms with van der Waals surface area (Å²) in [6.45, 7) is 5.65. The lowest BCUT2D eigenvalue weighted by Crippen LogP contribution is -2.64. The van der Waals surface area contributed by atoms with E-state index in [9.17, 15) is 9.59 Å². The highest BCUT2D eigenvalue weighted by Gasteiger charge is 2.43. The van der Waals surface area contributed by atoms with Crippen molar-refractivity contribution in [1.29, 1.82) is 0 Å². The molecule has 6 nitrogen and oxygen atoms in total. The van der Waals surface area contributed by atoms with Gasteiger partial charge in [-0.1, -0.05) is 51.1 Å². The van der Waals surface area contributed by atoms with Crippen molar-refractivity contribution in [2.45, 2.75) is 32.7 Å². The van der Waals surface area contributed by atoms with E-state index in [0.29, 0.717) is 6.42 Å². The van der Waals surface area contributed by atoms with E-state index in [-0.39, 0.29) is 6.54 Å². The van der Waals surface area contributed by atoms with Crippen LogP contribution in [0.5, 0.6) is 0 Å². The Morgan fingerprint density at radius 1 is 1.05 bits per heavy atom. The first-order valence-corrected chi connectivity index (χ1v) is 6.68. The van der Waals surface area contributed by atoms with Crippen LogP contribution in [0.3, 0.4) is 0 Å². The zero-order valence-electron chi connectivity index (χ0n) is 12.5. The zero-order valence-corrected chi connectivity index (χ0v) is 12.5. The van der Waals surface area contributed by atoms with Crippen molar-refractivity contribution >= 4 is 12.2 Å². The van der Waals surface area contributed by atoms with Gasteiger partial charge in [0.1, 0.15) is 0 Å². The van der Waals surface area contributed by atoms with Gasteiger partial charge in [0, 0.05) is 6.54 Å². The van der Waals surface area contributed by atoms with Gasteiger partial charge in [-0.3, -0.25) is 0 Å². The lowest BCUT2D eigenvalue weighted by atomic mass is 9.70. The molecule has 0 saturated heterocycles. The first kappa shape index (κ1) is 16.8. The van der Waals surface area contributed by atoms with Crippen LogP contribution < -0.4 is 10.6 Å². The molecule has 4 N–H and O–H groups in total. The van der Waals surface area contributed by atoms with Crippen LogP contribution in [0, 0.1) is 5.41 Å². The molecule has 0 spiro atoms. The number of benzene rings is 1. The molecule has 1 aromatic rings. The molecule has 0 radical (unpaired) electrons. The number of amides is 2. The number of rotatable bonds is 5. The van der Waals surface area contributed by atoms with E-state index in [4.69, 9.17) is 10.2 Å². The van der Waals surface area contributed by atoms with Crippen molar-refractivity contribution in [3.05, 3.63) is 35.9 Å². The maximum absolute atomic E-state index is 11.2. The molecule has 0 aromatic heterocycles. The van der Waals surface area contributed by atoms with Gasteiger partial charge in [0.05, 0.1) is 5.54 Å². The summed E-state index contributed by atoms with van der Waals surface area (Å²) in [5.41, 5.74) is -0.490. The monoisotopic (exact) mass is 294 g/mol. The average Bonchev–Trinajstić information content (AvgIpc) is 2.35. The van der Waals surface area contributed by atoms with Crippen molar-refractivity contribution in [3.8, 4) is 0 Å². The molecule has 0 saturated carbocycles. The van der Waals surface area contributed by atoms with E-state index in [1.54, 1.807) is 0 Å². The van der Waals surface area contributed by atoms with E-state index < -0.39 is 23.1 Å². The Morgan fingerprint density at radius 2 is 1.62 bits per heavy atom. The van der Waals surface area contributed by atoms with Gasteiger partial charge in [0.2, 0.25) is 0 Å². The van der Waals surface area contributed by atoms with E-state index in [0.717, 1.165) is 5.56 Å². The highest BCUT2D eigenvalue weighted by Crippen LogP contribution is 2.33. The van der Waals surface area contributed by atoms with E-state index in [2.05, 4.69) is 10.6 Å². The van der Waals surface area contributed by atoms with Crippen LogP contribution in [0.2, 0.25) is 0 Å². The van der Waals surface area contributed by atoms with Crippen LogP contribution in [0.25, 0.3) is 0 Å². The molecule has 1 atom stereocenters. The maximum atomic E-state index is 11.2. The van der Waals surface area contributed by atoms with Gasteiger partial charge in [-0.15, -0.1) is 0 Å². The van der Waals surface area contributed by atoms with Gasteiger partial charge in [-0.25, -0.2) is 9.59 Å². The quantitative estimate of drug-likeness (QED) is 0.670. The minimum Gasteiger partial charge on any atom is -0.465 e. The zero-order chi connectivity index (χ0) is 16.1. The third-order valence-electron chi connectivity index (χ3n) is 3.67. The summed E-state index contributed by atoms with van der Waals surface area (Å²) >= 11 is 0. The molecular formula is C15H22N2O4. The van der Waals surface area contributed by atoms with Crippen LogP contribution in [0.4, 0.5) is 9.59 Å². The van der Waals surface area contributed by atoms with Crippen molar-refractivity contribution in [3.63, 3.8) is 0 Å². The van der Waals surface area contributed by atoms with Crippen LogP contribution in [0.15, 0.2) is 30.3 Å². The Hall–Kier alpha value is -2.24. The number of hydrogen-bond acceptors (Lipinski definition) is 2. The van der Waals surface area contributed by atoms with E-state index in [1.807, 2.05) is 51.1 Å². The molecule has 0 aliphatic rings. The SMILES string of the molecule is CC(C)(C)C(CNC(=O)O)(Cc1ccccc1)NC(=O)O. The highest BCUT2D eigenvalue weighted by atomic mass is 16.4. The largest absolute Gasteiger partial charge is 0.465 e. The Kier molecular flexibility index (Phi) is 5.18. The lowest BCUT2D eigenvalue weighted by molar-refractivity contribution is 0.113. The fourth-order valence-corrected chi connectivity index (χ4v) is 2.24. The predicted molar refractivity (Wildman–Crippen MR) is 79.5 cm³/mol. The summed E-state index contributed by atoms with van der Waals surface area (Å²) in [4.78, 5) is 22.0. The first-order valence-electron chi connectivity index (χ1n) is 6.68. The summed E-state index contributed by atoms with van der Waals surface area (Å²) in [7, 11) is 0. The molecule has 1 unspecified atom stereocenters. The number of carbonyl (C=O) groups is 2. The number of carboxylic acid groups (broad SMARTS) is 2. The third-order valence-corrected chi connectivity index (χ3v) is 3.67. The molecule has 0 heterocycles. The Balaban J connectivity index is 3.15. The van der Waals surface area contributed by atoms with E-state index >= 15 is 0 Å². The van der Waals surface area contributed by atoms with Gasteiger partial charge >= 0.3 is 12.2 Å². The normalized spacial score (nSPS) is 14.0. The van der Waals surface area contributed by atoms with Gasteiger partial charge in [0.15, 0.2) is 0 Å². The molecule has 6 heteroatoms. The summed E-state index contributed by atoms with van der Waals surface area (Å²) < 4.78 is 0. The second kappa shape index (κ2) is 6.47. The summed E-state index contributed by atoms with van der Waals surface area (Å²) in [6, 6.07) is 9.40. The third kappa shape index (κ3) is 4.66. The lowest BCUT2D eigenvalue weighted by Gasteiger charge is -2.44. The minimum absolute atomic E-state index is 0.00692. The smallest absolute Gasteiger partial charge is 0.405 e. The second-order valence-electron chi connectivity index (χ2n) is 6.08. The Labute approximate surface area is 124 Å². The Bertz CT molecular complexity index is 496. The topological polar surface area (TPSA) is 98.7 Å². The predicted octanol–water partition coefficient (Wildman–Crippen LogP) is 2.55. The molecular weight excluding hydrogens is 272 g/mol. The molecule has 116 valence electrons. The van der Waals surface area contributed by atoms with Crippen molar-refractivity contribution in [2.75, 3.05) is 6.54 Å². The molecule has 0 aliphatic heterocycles. The van der Waals surface area contributed by atoms with Crippen molar-refractivity contribution in [2.24, 2.45) is 5.41 Å². The van der Waals surface area contributed by atoms with Gasteiger partial charge in [0.25, 0.3) is 0 Å². The first-order chi connectivity index (χ1) is 9.66. The highest BCUT2D eigenvalue weighted by molar-refractivity contribution is 5.67. The van der Waals surface area contributed by atoms with Gasteiger partial charge in [-0.05, 0) is 17.4 Å². The minimum atomic E-state index is -1.18. The Morgan fingerprint density at radius 3 is 2.05 bits per heavy atom. The van der Waals surface area contributed by atoms with Crippen LogP contribution in [-0.2, 0) is 6.42 Å². The molecule has 21 heavy (non-hydrogen) atoms. The molecule has 1 rings (SSSR count). The number of nitrogens with one attached hydrogen (secondary N) is 2. The molecule has 0 bridgehead atoms. The molecule has 0 aliphatic carbocycles. The van der Waals surface area contributed by atoms with Gasteiger partial charge < -0.3 is 20.8 Å². The second-order valence-corrected chi connectivity index (χ2v) is 6.08. The summed E-state index contributed by atoms with van der Waals surface area (Å²) in [6.07, 6.45) is -1.96. The van der Waals surface area contributed by atoms with Crippen molar-refractivity contribution in [1.82, 2.24) is 10.6 Å². The van der Waals surface area contributed by atoms with Crippen LogP contribution in [-0.4, -0.2) is 34.5 Å². The van der Waals surface area contributed by atoms with Gasteiger partial charge in [-0.2, -0.15) is 0 Å². The van der Waals surface area contributed by atoms with E-state index in [1.165, 1.54) is 0 Å².